The minimum atomic E-state index is -3.46. The highest BCUT2D eigenvalue weighted by Gasteiger charge is 2.42. The molecule has 0 bridgehead atoms. The molecule has 1 unspecified atom stereocenters. The lowest BCUT2D eigenvalue weighted by Gasteiger charge is -2.38. The van der Waals surface area contributed by atoms with E-state index in [4.69, 9.17) is 15.0 Å². The Bertz CT molecular complexity index is 2770. The number of anilines is 3. The van der Waals surface area contributed by atoms with Gasteiger partial charge in [0.15, 0.2) is 24.6 Å². The Morgan fingerprint density at radius 2 is 0.981 bits per heavy atom. The van der Waals surface area contributed by atoms with E-state index in [1.165, 1.54) is 10.1 Å². The summed E-state index contributed by atoms with van der Waals surface area (Å²) in [6.07, 6.45) is 0. The summed E-state index contributed by atoms with van der Waals surface area (Å²) >= 11 is 1.77. The molecule has 246 valence electrons. The van der Waals surface area contributed by atoms with Crippen LogP contribution in [0.25, 0.3) is 54.3 Å². The third kappa shape index (κ3) is 4.91. The van der Waals surface area contributed by atoms with Gasteiger partial charge in [0.05, 0.1) is 11.4 Å². The number of hydrogen-bond donors (Lipinski definition) is 0. The maximum atomic E-state index is 16.4. The summed E-state index contributed by atoms with van der Waals surface area (Å²) < 4.78 is 18.8. The molecule has 1 atom stereocenters. The summed E-state index contributed by atoms with van der Waals surface area (Å²) in [4.78, 5) is 17.2. The van der Waals surface area contributed by atoms with Crippen LogP contribution >= 0.6 is 18.5 Å². The number of thiophene rings is 1. The van der Waals surface area contributed by atoms with E-state index in [-0.39, 0.29) is 0 Å². The van der Waals surface area contributed by atoms with Gasteiger partial charge in [0.1, 0.15) is 0 Å². The van der Waals surface area contributed by atoms with Crippen molar-refractivity contribution >= 4 is 71.6 Å². The van der Waals surface area contributed by atoms with Crippen molar-refractivity contribution < 1.29 is 4.57 Å². The number of nitrogens with zero attached hydrogens (tertiary/aromatic N) is 4. The minimum absolute atomic E-state index is 0.520. The van der Waals surface area contributed by atoms with E-state index in [0.29, 0.717) is 17.5 Å². The van der Waals surface area contributed by atoms with E-state index in [0.717, 1.165) is 59.8 Å². The molecule has 0 N–H and O–H groups in total. The van der Waals surface area contributed by atoms with Crippen LogP contribution in [0, 0.1) is 0 Å². The van der Waals surface area contributed by atoms with E-state index < -0.39 is 7.14 Å². The van der Waals surface area contributed by atoms with Crippen molar-refractivity contribution in [2.75, 3.05) is 4.90 Å². The van der Waals surface area contributed by atoms with Crippen LogP contribution in [-0.4, -0.2) is 15.0 Å². The van der Waals surface area contributed by atoms with E-state index in [2.05, 4.69) is 65.6 Å². The van der Waals surface area contributed by atoms with Crippen LogP contribution in [0.15, 0.2) is 176 Å². The number of rotatable bonds is 5. The molecule has 1 aliphatic rings. The number of benzene rings is 7. The number of aromatic nitrogens is 3. The van der Waals surface area contributed by atoms with Crippen LogP contribution in [0.3, 0.4) is 0 Å². The lowest BCUT2D eigenvalue weighted by Crippen LogP contribution is -2.36. The monoisotopic (exact) mass is 704 g/mol. The van der Waals surface area contributed by atoms with Gasteiger partial charge in [-0.05, 0) is 48.5 Å². The second-order valence-corrected chi connectivity index (χ2v) is 16.6. The zero-order valence-electron chi connectivity index (χ0n) is 27.8. The van der Waals surface area contributed by atoms with Crippen molar-refractivity contribution in [2.45, 2.75) is 0 Å². The highest BCUT2D eigenvalue weighted by atomic mass is 32.1. The third-order valence-electron chi connectivity index (χ3n) is 9.70. The average molecular weight is 705 g/mol. The molecule has 0 radical (unpaired) electrons. The summed E-state index contributed by atoms with van der Waals surface area (Å²) in [5, 5.41) is 4.62. The predicted octanol–water partition coefficient (Wildman–Crippen LogP) is 10.7. The molecule has 5 nitrogen and oxygen atoms in total. The van der Waals surface area contributed by atoms with Crippen LogP contribution in [0.1, 0.15) is 0 Å². The maximum absolute atomic E-state index is 16.4. The van der Waals surface area contributed by atoms with Gasteiger partial charge >= 0.3 is 0 Å². The van der Waals surface area contributed by atoms with E-state index in [1.54, 1.807) is 11.3 Å². The Labute approximate surface area is 304 Å². The molecule has 0 aliphatic carbocycles. The minimum Gasteiger partial charge on any atom is -0.309 e. The molecule has 0 spiro atoms. The average Bonchev–Trinajstić information content (AvgIpc) is 3.59. The first-order chi connectivity index (χ1) is 25.6. The predicted molar refractivity (Wildman–Crippen MR) is 217 cm³/mol. The lowest BCUT2D eigenvalue weighted by atomic mass is 10.1. The van der Waals surface area contributed by atoms with Gasteiger partial charge < -0.3 is 9.46 Å². The van der Waals surface area contributed by atoms with Crippen molar-refractivity contribution in [1.29, 1.82) is 0 Å². The van der Waals surface area contributed by atoms with Gasteiger partial charge in [-0.3, -0.25) is 0 Å². The Morgan fingerprint density at radius 1 is 0.442 bits per heavy atom. The normalized spacial score (nSPS) is 15.0. The summed E-state index contributed by atoms with van der Waals surface area (Å²) in [5.74, 6) is 1.68. The summed E-state index contributed by atoms with van der Waals surface area (Å²) in [5.41, 5.74) is 5.35. The molecule has 0 saturated carbocycles. The molecule has 52 heavy (non-hydrogen) atoms. The SMILES string of the molecule is O=P1(c2ccccc2)c2cc(-c3nc(-c4ccccc4)nc(-c4ccccc4)n3)ccc2N(c2ccccc2)c2cc3sc4ccccc4c3cc21. The van der Waals surface area contributed by atoms with Gasteiger partial charge in [0.25, 0.3) is 0 Å². The second-order valence-electron chi connectivity index (χ2n) is 12.8. The number of hydrogen-bond acceptors (Lipinski definition) is 6. The van der Waals surface area contributed by atoms with Crippen LogP contribution in [0.2, 0.25) is 0 Å². The van der Waals surface area contributed by atoms with Crippen LogP contribution in [0.5, 0.6) is 0 Å². The van der Waals surface area contributed by atoms with Gasteiger partial charge in [-0.15, -0.1) is 11.3 Å². The van der Waals surface area contributed by atoms with Gasteiger partial charge in [-0.2, -0.15) is 0 Å². The molecule has 7 aromatic carbocycles. The largest absolute Gasteiger partial charge is 0.309 e. The molecule has 2 aromatic heterocycles. The molecule has 0 amide bonds. The summed E-state index contributed by atoms with van der Waals surface area (Å²) in [6, 6.07) is 59.3. The fraction of sp³-hybridized carbons (Fsp3) is 0. The topological polar surface area (TPSA) is 59.0 Å². The van der Waals surface area contributed by atoms with Gasteiger partial charge in [0, 0.05) is 58.5 Å². The molecule has 0 fully saturated rings. The standard InChI is InChI=1S/C45H29N4OPS/c50-51(34-21-11-4-12-22-34)39-27-32(45-47-43(30-15-5-1-6-16-30)46-44(48-45)31-17-7-2-8-18-31)25-26-37(39)49(33-19-9-3-10-20-33)38-29-42-36(28-40(38)51)35-23-13-14-24-41(35)52-42/h1-29H. The highest BCUT2D eigenvalue weighted by Crippen LogP contribution is 2.56. The van der Waals surface area contributed by atoms with Gasteiger partial charge in [0.2, 0.25) is 0 Å². The van der Waals surface area contributed by atoms with Crippen LogP contribution in [0.4, 0.5) is 17.1 Å². The van der Waals surface area contributed by atoms with Crippen molar-refractivity contribution in [3.05, 3.63) is 176 Å². The van der Waals surface area contributed by atoms with Gasteiger partial charge in [-0.1, -0.05) is 127 Å². The fourth-order valence-electron chi connectivity index (χ4n) is 7.25. The second kappa shape index (κ2) is 12.2. The zero-order chi connectivity index (χ0) is 34.6. The van der Waals surface area contributed by atoms with Crippen LogP contribution < -0.4 is 20.8 Å². The maximum Gasteiger partial charge on any atom is 0.175 e. The number of fused-ring (bicyclic) bond motifs is 5. The quantitative estimate of drug-likeness (QED) is 0.167. The van der Waals surface area contributed by atoms with Crippen molar-refractivity contribution in [3.63, 3.8) is 0 Å². The van der Waals surface area contributed by atoms with Gasteiger partial charge in [-0.25, -0.2) is 15.0 Å². The molecule has 9 aromatic rings. The zero-order valence-corrected chi connectivity index (χ0v) is 29.5. The Kier molecular flexibility index (Phi) is 7.20. The summed E-state index contributed by atoms with van der Waals surface area (Å²) in [7, 11) is -3.46. The molecular weight excluding hydrogens is 676 g/mol. The number of para-hydroxylation sites is 1. The molecule has 0 saturated heterocycles. The Balaban J connectivity index is 1.27. The molecule has 1 aliphatic heterocycles. The Hall–Kier alpha value is -6.20. The first-order valence-electron chi connectivity index (χ1n) is 17.1. The first-order valence-corrected chi connectivity index (χ1v) is 19.7. The first kappa shape index (κ1) is 30.6. The smallest absolute Gasteiger partial charge is 0.175 e. The van der Waals surface area contributed by atoms with E-state index in [1.807, 2.05) is 115 Å². The highest BCUT2D eigenvalue weighted by molar-refractivity contribution is 7.86. The molecule has 7 heteroatoms. The van der Waals surface area contributed by atoms with Crippen LogP contribution in [-0.2, 0) is 4.57 Å². The summed E-state index contributed by atoms with van der Waals surface area (Å²) in [6.45, 7) is 0. The molecule has 3 heterocycles. The van der Waals surface area contributed by atoms with E-state index >= 15 is 4.57 Å². The third-order valence-corrected chi connectivity index (χ3v) is 13.9. The van der Waals surface area contributed by atoms with Crippen molar-refractivity contribution in [2.24, 2.45) is 0 Å². The van der Waals surface area contributed by atoms with Crippen molar-refractivity contribution in [3.8, 4) is 34.2 Å². The molecular formula is C45H29N4OPS. The lowest BCUT2D eigenvalue weighted by molar-refractivity contribution is 0.592. The molecule has 10 rings (SSSR count). The van der Waals surface area contributed by atoms with Crippen molar-refractivity contribution in [1.82, 2.24) is 15.0 Å². The Morgan fingerprint density at radius 3 is 1.63 bits per heavy atom. The van der Waals surface area contributed by atoms with E-state index in [9.17, 15) is 0 Å². The fourth-order valence-corrected chi connectivity index (χ4v) is 11.4.